The van der Waals surface area contributed by atoms with E-state index in [1.165, 1.54) is 0 Å². The van der Waals surface area contributed by atoms with Crippen LogP contribution in [0, 0.1) is 5.92 Å². The highest BCUT2D eigenvalue weighted by atomic mass is 16.6. The molecule has 160 valence electrons. The third kappa shape index (κ3) is 6.87. The second kappa shape index (κ2) is 9.98. The summed E-state index contributed by atoms with van der Waals surface area (Å²) in [6.45, 7) is 15.3. The highest BCUT2D eigenvalue weighted by molar-refractivity contribution is 5.80. The van der Waals surface area contributed by atoms with Crippen molar-refractivity contribution in [1.82, 2.24) is 20.0 Å². The predicted octanol–water partition coefficient (Wildman–Crippen LogP) is 1.76. The third-order valence-corrected chi connectivity index (χ3v) is 5.03. The van der Waals surface area contributed by atoms with E-state index < -0.39 is 5.60 Å². The first kappa shape index (κ1) is 22.3. The molecule has 0 aromatic heterocycles. The van der Waals surface area contributed by atoms with Gasteiger partial charge in [0.15, 0.2) is 5.96 Å². The number of guanidine groups is 1. The van der Waals surface area contributed by atoms with Crippen molar-refractivity contribution in [2.75, 3.05) is 52.4 Å². The molecule has 2 aliphatic heterocycles. The zero-order chi connectivity index (χ0) is 20.7. The Kier molecular flexibility index (Phi) is 7.95. The standard InChI is InChI=1S/C20H37N5O3/c1-6-21-18(24-12-10-23(11-13-24)16(2)26)22-14-17-8-7-9-25(15-17)19(27)28-20(3,4)5/h17H,6-15H2,1-5H3,(H,21,22). The summed E-state index contributed by atoms with van der Waals surface area (Å²) in [5, 5.41) is 3.37. The number of likely N-dealkylation sites (tertiary alicyclic amines) is 1. The van der Waals surface area contributed by atoms with E-state index in [1.54, 1.807) is 6.92 Å². The van der Waals surface area contributed by atoms with Gasteiger partial charge in [0.1, 0.15) is 5.60 Å². The van der Waals surface area contributed by atoms with Crippen molar-refractivity contribution < 1.29 is 14.3 Å². The van der Waals surface area contributed by atoms with Crippen LogP contribution in [0.15, 0.2) is 4.99 Å². The van der Waals surface area contributed by atoms with E-state index in [-0.39, 0.29) is 12.0 Å². The molecule has 1 unspecified atom stereocenters. The molecule has 0 saturated carbocycles. The van der Waals surface area contributed by atoms with Gasteiger partial charge in [-0.2, -0.15) is 0 Å². The van der Waals surface area contributed by atoms with Crippen molar-refractivity contribution in [2.45, 2.75) is 53.1 Å². The molecule has 0 bridgehead atoms. The lowest BCUT2D eigenvalue weighted by Gasteiger charge is -2.36. The maximum Gasteiger partial charge on any atom is 0.410 e. The maximum atomic E-state index is 12.3. The molecule has 28 heavy (non-hydrogen) atoms. The Hall–Kier alpha value is -1.99. The summed E-state index contributed by atoms with van der Waals surface area (Å²) in [6.07, 6.45) is 1.82. The van der Waals surface area contributed by atoms with Gasteiger partial charge in [-0.25, -0.2) is 4.79 Å². The average Bonchev–Trinajstić information content (AvgIpc) is 2.64. The number of rotatable bonds is 3. The van der Waals surface area contributed by atoms with Crippen LogP contribution >= 0.6 is 0 Å². The second-order valence-corrected chi connectivity index (χ2v) is 8.62. The molecule has 0 spiro atoms. The van der Waals surface area contributed by atoms with Crippen molar-refractivity contribution >= 4 is 18.0 Å². The SMILES string of the molecule is CCNC(=NCC1CCCN(C(=O)OC(C)(C)C)C1)N1CCN(C(C)=O)CC1. The highest BCUT2D eigenvalue weighted by Crippen LogP contribution is 2.20. The predicted molar refractivity (Wildman–Crippen MR) is 110 cm³/mol. The Morgan fingerprint density at radius 1 is 1.07 bits per heavy atom. The Labute approximate surface area is 169 Å². The summed E-state index contributed by atoms with van der Waals surface area (Å²) in [4.78, 5) is 34.6. The van der Waals surface area contributed by atoms with Gasteiger partial charge in [0.05, 0.1) is 0 Å². The molecule has 0 aromatic carbocycles. The normalized spacial score (nSPS) is 21.5. The molecule has 1 atom stereocenters. The Bertz CT molecular complexity index is 565. The zero-order valence-corrected chi connectivity index (χ0v) is 18.2. The van der Waals surface area contributed by atoms with E-state index in [9.17, 15) is 9.59 Å². The van der Waals surface area contributed by atoms with E-state index >= 15 is 0 Å². The number of ether oxygens (including phenoxy) is 1. The summed E-state index contributed by atoms with van der Waals surface area (Å²) in [7, 11) is 0. The van der Waals surface area contributed by atoms with E-state index in [0.717, 1.165) is 58.1 Å². The van der Waals surface area contributed by atoms with Crippen molar-refractivity contribution in [3.05, 3.63) is 0 Å². The molecule has 2 heterocycles. The lowest BCUT2D eigenvalue weighted by atomic mass is 9.98. The summed E-state index contributed by atoms with van der Waals surface area (Å²) in [5.74, 6) is 1.37. The van der Waals surface area contributed by atoms with Crippen molar-refractivity contribution in [2.24, 2.45) is 10.9 Å². The first-order valence-electron chi connectivity index (χ1n) is 10.5. The van der Waals surface area contributed by atoms with Crippen LogP contribution < -0.4 is 5.32 Å². The molecule has 0 aliphatic carbocycles. The van der Waals surface area contributed by atoms with Gasteiger partial charge in [-0.15, -0.1) is 0 Å². The minimum absolute atomic E-state index is 0.131. The quantitative estimate of drug-likeness (QED) is 0.582. The van der Waals surface area contributed by atoms with Crippen LogP contribution in [0.25, 0.3) is 0 Å². The molecule has 2 fully saturated rings. The van der Waals surface area contributed by atoms with E-state index in [4.69, 9.17) is 9.73 Å². The summed E-state index contributed by atoms with van der Waals surface area (Å²) in [6, 6.07) is 0. The number of piperazine rings is 1. The van der Waals surface area contributed by atoms with Gasteiger partial charge in [-0.1, -0.05) is 0 Å². The molecule has 8 nitrogen and oxygen atoms in total. The van der Waals surface area contributed by atoms with Crippen molar-refractivity contribution in [3.63, 3.8) is 0 Å². The number of nitrogens with zero attached hydrogens (tertiary/aromatic N) is 4. The largest absolute Gasteiger partial charge is 0.444 e. The van der Waals surface area contributed by atoms with Crippen LogP contribution in [0.1, 0.15) is 47.5 Å². The van der Waals surface area contributed by atoms with Crippen LogP contribution in [-0.2, 0) is 9.53 Å². The topological polar surface area (TPSA) is 77.5 Å². The van der Waals surface area contributed by atoms with Gasteiger partial charge in [-0.3, -0.25) is 9.79 Å². The first-order valence-corrected chi connectivity index (χ1v) is 10.5. The lowest BCUT2D eigenvalue weighted by molar-refractivity contribution is -0.130. The summed E-state index contributed by atoms with van der Waals surface area (Å²) < 4.78 is 5.51. The minimum atomic E-state index is -0.470. The number of amides is 2. The van der Waals surface area contributed by atoms with Crippen molar-refractivity contribution in [3.8, 4) is 0 Å². The number of aliphatic imine (C=N–C) groups is 1. The fourth-order valence-electron chi connectivity index (χ4n) is 3.58. The minimum Gasteiger partial charge on any atom is -0.444 e. The van der Waals surface area contributed by atoms with Crippen LogP contribution in [0.2, 0.25) is 0 Å². The van der Waals surface area contributed by atoms with Crippen LogP contribution in [-0.4, -0.2) is 90.6 Å². The molecular weight excluding hydrogens is 358 g/mol. The maximum absolute atomic E-state index is 12.3. The highest BCUT2D eigenvalue weighted by Gasteiger charge is 2.28. The Morgan fingerprint density at radius 3 is 2.29 bits per heavy atom. The third-order valence-electron chi connectivity index (χ3n) is 5.03. The fraction of sp³-hybridized carbons (Fsp3) is 0.850. The molecule has 2 saturated heterocycles. The van der Waals surface area contributed by atoms with E-state index in [2.05, 4.69) is 17.1 Å². The molecule has 2 rings (SSSR count). The molecule has 8 heteroatoms. The molecule has 1 N–H and O–H groups in total. The number of carbonyl (C=O) groups excluding carboxylic acids is 2. The van der Waals surface area contributed by atoms with Gasteiger partial charge >= 0.3 is 6.09 Å². The van der Waals surface area contributed by atoms with Crippen LogP contribution in [0.5, 0.6) is 0 Å². The molecule has 2 amide bonds. The van der Waals surface area contributed by atoms with E-state index in [1.807, 2.05) is 30.6 Å². The molecular formula is C20H37N5O3. The van der Waals surface area contributed by atoms with Gasteiger partial charge in [0.25, 0.3) is 0 Å². The number of nitrogens with one attached hydrogen (secondary N) is 1. The lowest BCUT2D eigenvalue weighted by Crippen LogP contribution is -2.53. The molecule has 0 radical (unpaired) electrons. The van der Waals surface area contributed by atoms with Gasteiger partial charge in [-0.05, 0) is 46.5 Å². The average molecular weight is 396 g/mol. The Balaban J connectivity index is 1.91. The smallest absolute Gasteiger partial charge is 0.410 e. The number of piperidine rings is 1. The Morgan fingerprint density at radius 2 is 1.71 bits per heavy atom. The van der Waals surface area contributed by atoms with Crippen molar-refractivity contribution in [1.29, 1.82) is 0 Å². The van der Waals surface area contributed by atoms with Gasteiger partial charge in [0, 0.05) is 59.3 Å². The van der Waals surface area contributed by atoms with Gasteiger partial charge in [0.2, 0.25) is 5.91 Å². The number of carbonyl (C=O) groups is 2. The monoisotopic (exact) mass is 395 g/mol. The second-order valence-electron chi connectivity index (χ2n) is 8.62. The number of hydrogen-bond donors (Lipinski definition) is 1. The summed E-state index contributed by atoms with van der Waals surface area (Å²) in [5.41, 5.74) is -0.470. The fourth-order valence-corrected chi connectivity index (χ4v) is 3.58. The molecule has 0 aromatic rings. The molecule has 2 aliphatic rings. The zero-order valence-electron chi connectivity index (χ0n) is 18.2. The first-order chi connectivity index (χ1) is 13.2. The van der Waals surface area contributed by atoms with E-state index in [0.29, 0.717) is 19.0 Å². The summed E-state index contributed by atoms with van der Waals surface area (Å²) >= 11 is 0. The van der Waals surface area contributed by atoms with Crippen LogP contribution in [0.4, 0.5) is 4.79 Å². The van der Waals surface area contributed by atoms with Crippen LogP contribution in [0.3, 0.4) is 0 Å². The number of hydrogen-bond acceptors (Lipinski definition) is 4. The van der Waals surface area contributed by atoms with Gasteiger partial charge < -0.3 is 24.8 Å².